The van der Waals surface area contributed by atoms with Gasteiger partial charge in [-0.25, -0.2) is 0 Å². The highest BCUT2D eigenvalue weighted by Crippen LogP contribution is 2.48. The van der Waals surface area contributed by atoms with Crippen molar-refractivity contribution in [2.45, 2.75) is 38.6 Å². The number of aliphatic imine (C=N–C) groups is 1. The van der Waals surface area contributed by atoms with Crippen molar-refractivity contribution in [2.24, 2.45) is 16.1 Å². The van der Waals surface area contributed by atoms with E-state index in [9.17, 15) is 0 Å². The Kier molecular flexibility index (Phi) is 2.86. The van der Waals surface area contributed by atoms with Crippen LogP contribution in [0.2, 0.25) is 0 Å². The number of nitrogens with zero attached hydrogens (tertiary/aromatic N) is 2. The van der Waals surface area contributed by atoms with Crippen molar-refractivity contribution in [3.63, 3.8) is 0 Å². The maximum atomic E-state index is 5.98. The van der Waals surface area contributed by atoms with Crippen LogP contribution in [-0.2, 0) is 4.74 Å². The van der Waals surface area contributed by atoms with Gasteiger partial charge in [-0.2, -0.15) is 0 Å². The van der Waals surface area contributed by atoms with E-state index >= 15 is 0 Å². The quantitative estimate of drug-likeness (QED) is 0.785. The molecule has 1 saturated carbocycles. The van der Waals surface area contributed by atoms with Gasteiger partial charge in [0.15, 0.2) is 5.96 Å². The second-order valence-electron chi connectivity index (χ2n) is 5.88. The molecule has 1 aliphatic heterocycles. The molecule has 0 radical (unpaired) electrons. The Bertz CT molecular complexity index is 301. The van der Waals surface area contributed by atoms with E-state index in [2.05, 4.69) is 23.7 Å². The monoisotopic (exact) mass is 225 g/mol. The zero-order valence-corrected chi connectivity index (χ0v) is 10.6. The molecule has 0 aromatic heterocycles. The van der Waals surface area contributed by atoms with Crippen molar-refractivity contribution < 1.29 is 4.74 Å². The third-order valence-corrected chi connectivity index (χ3v) is 3.98. The van der Waals surface area contributed by atoms with E-state index in [1.165, 1.54) is 19.3 Å². The molecule has 1 atom stereocenters. The van der Waals surface area contributed by atoms with Crippen molar-refractivity contribution in [3.8, 4) is 0 Å². The van der Waals surface area contributed by atoms with E-state index in [1.807, 2.05) is 0 Å². The highest BCUT2D eigenvalue weighted by molar-refractivity contribution is 5.81. The number of rotatable bonds is 3. The number of methoxy groups -OCH3 is 1. The summed E-state index contributed by atoms with van der Waals surface area (Å²) in [6, 6.07) is 0. The first-order valence-corrected chi connectivity index (χ1v) is 6.06. The van der Waals surface area contributed by atoms with Gasteiger partial charge in [0.1, 0.15) is 0 Å². The number of nitrogens with two attached hydrogens (primary N) is 1. The summed E-state index contributed by atoms with van der Waals surface area (Å²) < 4.78 is 5.15. The molecular formula is C12H23N3O. The SMILES string of the molecule is COCCN1C(N)=NCC12CCC(C)(C)C2. The van der Waals surface area contributed by atoms with Gasteiger partial charge >= 0.3 is 0 Å². The Morgan fingerprint density at radius 2 is 2.19 bits per heavy atom. The van der Waals surface area contributed by atoms with Gasteiger partial charge < -0.3 is 15.4 Å². The van der Waals surface area contributed by atoms with Gasteiger partial charge in [0.05, 0.1) is 18.7 Å². The summed E-state index contributed by atoms with van der Waals surface area (Å²) in [5.74, 6) is 0.703. The van der Waals surface area contributed by atoms with Crippen LogP contribution in [0.4, 0.5) is 0 Å². The van der Waals surface area contributed by atoms with Crippen LogP contribution in [0.5, 0.6) is 0 Å². The van der Waals surface area contributed by atoms with Crippen LogP contribution >= 0.6 is 0 Å². The van der Waals surface area contributed by atoms with E-state index < -0.39 is 0 Å². The molecule has 2 aliphatic rings. The molecule has 0 aromatic rings. The first-order chi connectivity index (χ1) is 7.49. The molecule has 1 aliphatic carbocycles. The van der Waals surface area contributed by atoms with Gasteiger partial charge in [-0.15, -0.1) is 0 Å². The van der Waals surface area contributed by atoms with Crippen LogP contribution in [0.15, 0.2) is 4.99 Å². The van der Waals surface area contributed by atoms with Crippen LogP contribution in [0.3, 0.4) is 0 Å². The lowest BCUT2D eigenvalue weighted by Crippen LogP contribution is -2.51. The smallest absolute Gasteiger partial charge is 0.191 e. The van der Waals surface area contributed by atoms with Gasteiger partial charge in [0.25, 0.3) is 0 Å². The molecule has 0 amide bonds. The summed E-state index contributed by atoms with van der Waals surface area (Å²) in [6.45, 7) is 7.13. The maximum Gasteiger partial charge on any atom is 0.191 e. The van der Waals surface area contributed by atoms with Crippen molar-refractivity contribution in [3.05, 3.63) is 0 Å². The molecule has 1 unspecified atom stereocenters. The Labute approximate surface area is 97.9 Å². The molecule has 2 N–H and O–H groups in total. The molecule has 4 heteroatoms. The standard InChI is InChI=1S/C12H23N3O/c1-11(2)4-5-12(8-11)9-14-10(13)15(12)6-7-16-3/h4-9H2,1-3H3,(H2,13,14). The van der Waals surface area contributed by atoms with Crippen LogP contribution in [0.1, 0.15) is 33.1 Å². The number of guanidine groups is 1. The minimum Gasteiger partial charge on any atom is -0.383 e. The van der Waals surface area contributed by atoms with Gasteiger partial charge in [-0.05, 0) is 24.7 Å². The summed E-state index contributed by atoms with van der Waals surface area (Å²) in [4.78, 5) is 6.71. The molecule has 2 rings (SSSR count). The Morgan fingerprint density at radius 3 is 2.75 bits per heavy atom. The highest BCUT2D eigenvalue weighted by Gasteiger charge is 2.50. The zero-order chi connectivity index (χ0) is 11.8. The summed E-state index contributed by atoms with van der Waals surface area (Å²) in [6.07, 6.45) is 3.65. The molecule has 16 heavy (non-hydrogen) atoms. The average molecular weight is 225 g/mol. The lowest BCUT2D eigenvalue weighted by Gasteiger charge is -2.37. The fourth-order valence-electron chi connectivity index (χ4n) is 3.18. The van der Waals surface area contributed by atoms with Gasteiger partial charge in [0, 0.05) is 13.7 Å². The highest BCUT2D eigenvalue weighted by atomic mass is 16.5. The molecule has 1 spiro atoms. The van der Waals surface area contributed by atoms with Crippen LogP contribution in [0, 0.1) is 5.41 Å². The summed E-state index contributed by atoms with van der Waals surface area (Å²) in [5.41, 5.74) is 6.59. The number of ether oxygens (including phenoxy) is 1. The minimum absolute atomic E-state index is 0.187. The molecule has 0 saturated heterocycles. The number of hydrogen-bond donors (Lipinski definition) is 1. The third kappa shape index (κ3) is 1.90. The van der Waals surface area contributed by atoms with Crippen molar-refractivity contribution in [1.82, 2.24) is 4.90 Å². The third-order valence-electron chi connectivity index (χ3n) is 3.98. The number of hydrogen-bond acceptors (Lipinski definition) is 4. The first kappa shape index (κ1) is 11.7. The van der Waals surface area contributed by atoms with E-state index in [1.54, 1.807) is 7.11 Å². The topological polar surface area (TPSA) is 50.9 Å². The lowest BCUT2D eigenvalue weighted by atomic mass is 9.87. The second-order valence-corrected chi connectivity index (χ2v) is 5.88. The van der Waals surface area contributed by atoms with Crippen molar-refractivity contribution >= 4 is 5.96 Å². The fourth-order valence-corrected chi connectivity index (χ4v) is 3.18. The van der Waals surface area contributed by atoms with Crippen LogP contribution < -0.4 is 5.73 Å². The lowest BCUT2D eigenvalue weighted by molar-refractivity contribution is 0.125. The molecule has 1 heterocycles. The summed E-state index contributed by atoms with van der Waals surface area (Å²) >= 11 is 0. The average Bonchev–Trinajstić information content (AvgIpc) is 2.67. The largest absolute Gasteiger partial charge is 0.383 e. The van der Waals surface area contributed by atoms with Crippen molar-refractivity contribution in [2.75, 3.05) is 26.8 Å². The molecular weight excluding hydrogens is 202 g/mol. The summed E-state index contributed by atoms with van der Waals surface area (Å²) in [5, 5.41) is 0. The van der Waals surface area contributed by atoms with Gasteiger partial charge in [-0.1, -0.05) is 13.8 Å². The molecule has 0 aromatic carbocycles. The molecule has 1 fully saturated rings. The second kappa shape index (κ2) is 3.91. The summed E-state index contributed by atoms with van der Waals surface area (Å²) in [7, 11) is 1.73. The molecule has 92 valence electrons. The molecule has 0 bridgehead atoms. The predicted octanol–water partition coefficient (Wildman–Crippen LogP) is 1.21. The normalized spacial score (nSPS) is 32.4. The zero-order valence-electron chi connectivity index (χ0n) is 10.6. The predicted molar refractivity (Wildman–Crippen MR) is 65.4 cm³/mol. The van der Waals surface area contributed by atoms with Gasteiger partial charge in [-0.3, -0.25) is 4.99 Å². The van der Waals surface area contributed by atoms with E-state index in [4.69, 9.17) is 10.5 Å². The Balaban J connectivity index is 2.10. The van der Waals surface area contributed by atoms with Crippen LogP contribution in [-0.4, -0.2) is 43.2 Å². The van der Waals surface area contributed by atoms with Gasteiger partial charge in [0.2, 0.25) is 0 Å². The van der Waals surface area contributed by atoms with E-state index in [-0.39, 0.29) is 5.54 Å². The maximum absolute atomic E-state index is 5.98. The van der Waals surface area contributed by atoms with Crippen molar-refractivity contribution in [1.29, 1.82) is 0 Å². The molecule has 4 nitrogen and oxygen atoms in total. The first-order valence-electron chi connectivity index (χ1n) is 6.06. The fraction of sp³-hybridized carbons (Fsp3) is 0.917. The van der Waals surface area contributed by atoms with E-state index in [0.29, 0.717) is 11.4 Å². The Morgan fingerprint density at radius 1 is 1.44 bits per heavy atom. The van der Waals surface area contributed by atoms with Crippen LogP contribution in [0.25, 0.3) is 0 Å². The minimum atomic E-state index is 0.187. The Hall–Kier alpha value is -0.770. The van der Waals surface area contributed by atoms with E-state index in [0.717, 1.165) is 19.7 Å².